The largest absolute Gasteiger partial charge is 0.326 e. The molecule has 3 amide bonds. The number of benzene rings is 2. The second-order valence-electron chi connectivity index (χ2n) is 5.70. The van der Waals surface area contributed by atoms with Crippen molar-refractivity contribution in [3.63, 3.8) is 0 Å². The molecule has 0 aromatic heterocycles. The minimum atomic E-state index is -0.435. The van der Waals surface area contributed by atoms with E-state index in [0.717, 1.165) is 16.7 Å². The highest BCUT2D eigenvalue weighted by molar-refractivity contribution is 6.22. The molecule has 2 aromatic rings. The summed E-state index contributed by atoms with van der Waals surface area (Å²) < 4.78 is 0. The number of carbonyl (C=O) groups is 3. The first-order chi connectivity index (χ1) is 10.9. The van der Waals surface area contributed by atoms with Gasteiger partial charge in [0.25, 0.3) is 11.8 Å². The third-order valence-corrected chi connectivity index (χ3v) is 3.88. The SMILES string of the molecule is Cc1ccc(C)c(CC(=O)Nc2ccc3c(c2)C(=O)NC3=O)c1. The predicted molar refractivity (Wildman–Crippen MR) is 86.5 cm³/mol. The smallest absolute Gasteiger partial charge is 0.259 e. The highest BCUT2D eigenvalue weighted by Crippen LogP contribution is 2.20. The van der Waals surface area contributed by atoms with Crippen molar-refractivity contribution in [1.82, 2.24) is 5.32 Å². The molecule has 2 aromatic carbocycles. The molecule has 2 N–H and O–H groups in total. The van der Waals surface area contributed by atoms with E-state index in [2.05, 4.69) is 10.6 Å². The first-order valence-electron chi connectivity index (χ1n) is 7.30. The Kier molecular flexibility index (Phi) is 3.70. The van der Waals surface area contributed by atoms with Gasteiger partial charge in [-0.05, 0) is 43.2 Å². The number of amides is 3. The van der Waals surface area contributed by atoms with Crippen LogP contribution in [0.25, 0.3) is 0 Å². The van der Waals surface area contributed by atoms with Crippen molar-refractivity contribution in [3.8, 4) is 0 Å². The van der Waals surface area contributed by atoms with Crippen molar-refractivity contribution >= 4 is 23.4 Å². The van der Waals surface area contributed by atoms with Crippen molar-refractivity contribution in [3.05, 3.63) is 64.2 Å². The average molecular weight is 308 g/mol. The summed E-state index contributed by atoms with van der Waals surface area (Å²) in [5.74, 6) is -1.00. The molecule has 5 heteroatoms. The second kappa shape index (κ2) is 5.68. The van der Waals surface area contributed by atoms with E-state index in [9.17, 15) is 14.4 Å². The molecular formula is C18H16N2O3. The van der Waals surface area contributed by atoms with Crippen LogP contribution >= 0.6 is 0 Å². The summed E-state index contributed by atoms with van der Waals surface area (Å²) in [6.07, 6.45) is 0.260. The van der Waals surface area contributed by atoms with E-state index >= 15 is 0 Å². The van der Waals surface area contributed by atoms with Crippen molar-refractivity contribution in [2.24, 2.45) is 0 Å². The Morgan fingerprint density at radius 2 is 1.74 bits per heavy atom. The Morgan fingerprint density at radius 1 is 1.00 bits per heavy atom. The van der Waals surface area contributed by atoms with Gasteiger partial charge in [0.05, 0.1) is 17.5 Å². The lowest BCUT2D eigenvalue weighted by atomic mass is 10.0. The molecule has 0 saturated carbocycles. The fourth-order valence-electron chi connectivity index (χ4n) is 2.61. The molecule has 0 radical (unpaired) electrons. The molecule has 0 atom stereocenters. The third kappa shape index (κ3) is 2.99. The maximum Gasteiger partial charge on any atom is 0.259 e. The highest BCUT2D eigenvalue weighted by atomic mass is 16.2. The number of rotatable bonds is 3. The molecule has 0 saturated heterocycles. The number of aryl methyl sites for hydroxylation is 2. The molecule has 1 heterocycles. The quantitative estimate of drug-likeness (QED) is 0.855. The maximum atomic E-state index is 12.2. The van der Waals surface area contributed by atoms with Gasteiger partial charge < -0.3 is 5.32 Å². The standard InChI is InChI=1S/C18H16N2O3/c1-10-3-4-11(2)12(7-10)8-16(21)19-13-5-6-14-15(9-13)18(23)20-17(14)22/h3-7,9H,8H2,1-2H3,(H,19,21)(H,20,22,23). The van der Waals surface area contributed by atoms with Gasteiger partial charge in [-0.25, -0.2) is 0 Å². The molecule has 1 aliphatic rings. The van der Waals surface area contributed by atoms with Crippen molar-refractivity contribution in [2.75, 3.05) is 5.32 Å². The van der Waals surface area contributed by atoms with Crippen molar-refractivity contribution in [1.29, 1.82) is 0 Å². The van der Waals surface area contributed by atoms with Crippen LogP contribution in [-0.2, 0) is 11.2 Å². The lowest BCUT2D eigenvalue weighted by Gasteiger charge is -2.09. The Morgan fingerprint density at radius 3 is 2.52 bits per heavy atom. The third-order valence-electron chi connectivity index (χ3n) is 3.88. The van der Waals surface area contributed by atoms with Crippen LogP contribution in [0.15, 0.2) is 36.4 Å². The predicted octanol–water partition coefficient (Wildman–Crippen LogP) is 2.37. The Balaban J connectivity index is 1.76. The van der Waals surface area contributed by atoms with Gasteiger partial charge in [0.15, 0.2) is 0 Å². The number of anilines is 1. The monoisotopic (exact) mass is 308 g/mol. The van der Waals surface area contributed by atoms with Crippen LogP contribution in [-0.4, -0.2) is 17.7 Å². The first-order valence-corrected chi connectivity index (χ1v) is 7.30. The molecule has 23 heavy (non-hydrogen) atoms. The Hall–Kier alpha value is -2.95. The fraction of sp³-hybridized carbons (Fsp3) is 0.167. The van der Waals surface area contributed by atoms with E-state index in [1.54, 1.807) is 12.1 Å². The van der Waals surface area contributed by atoms with E-state index in [0.29, 0.717) is 16.8 Å². The minimum Gasteiger partial charge on any atom is -0.326 e. The number of carbonyl (C=O) groups excluding carboxylic acids is 3. The molecule has 3 rings (SSSR count). The van der Waals surface area contributed by atoms with Gasteiger partial charge in [-0.15, -0.1) is 0 Å². The first kappa shape index (κ1) is 15.0. The molecule has 0 spiro atoms. The van der Waals surface area contributed by atoms with Crippen LogP contribution in [0.5, 0.6) is 0 Å². The Labute approximate surface area is 133 Å². The van der Waals surface area contributed by atoms with Gasteiger partial charge in [0.2, 0.25) is 5.91 Å². The molecule has 1 aliphatic heterocycles. The minimum absolute atomic E-state index is 0.164. The van der Waals surface area contributed by atoms with Gasteiger partial charge in [-0.1, -0.05) is 23.8 Å². The molecule has 0 fully saturated rings. The number of fused-ring (bicyclic) bond motifs is 1. The molecule has 0 unspecified atom stereocenters. The zero-order valence-corrected chi connectivity index (χ0v) is 12.9. The van der Waals surface area contributed by atoms with Crippen LogP contribution < -0.4 is 10.6 Å². The molecular weight excluding hydrogens is 292 g/mol. The van der Waals surface area contributed by atoms with E-state index in [1.807, 2.05) is 32.0 Å². The topological polar surface area (TPSA) is 75.3 Å². The van der Waals surface area contributed by atoms with Gasteiger partial charge in [-0.2, -0.15) is 0 Å². The highest BCUT2D eigenvalue weighted by Gasteiger charge is 2.26. The van der Waals surface area contributed by atoms with Gasteiger partial charge >= 0.3 is 0 Å². The van der Waals surface area contributed by atoms with Crippen molar-refractivity contribution in [2.45, 2.75) is 20.3 Å². The van der Waals surface area contributed by atoms with Gasteiger partial charge in [-0.3, -0.25) is 19.7 Å². The van der Waals surface area contributed by atoms with E-state index in [1.165, 1.54) is 6.07 Å². The van der Waals surface area contributed by atoms with Gasteiger partial charge in [0.1, 0.15) is 0 Å². The molecule has 5 nitrogen and oxygen atoms in total. The summed E-state index contributed by atoms with van der Waals surface area (Å²) in [6, 6.07) is 10.7. The summed E-state index contributed by atoms with van der Waals surface area (Å²) in [5, 5.41) is 5.00. The summed E-state index contributed by atoms with van der Waals surface area (Å²) in [5.41, 5.74) is 4.26. The Bertz CT molecular complexity index is 840. The fourth-order valence-corrected chi connectivity index (χ4v) is 2.61. The summed E-state index contributed by atoms with van der Waals surface area (Å²) in [4.78, 5) is 35.4. The van der Waals surface area contributed by atoms with Crippen LogP contribution in [0.1, 0.15) is 37.4 Å². The molecule has 116 valence electrons. The summed E-state index contributed by atoms with van der Waals surface area (Å²) >= 11 is 0. The summed E-state index contributed by atoms with van der Waals surface area (Å²) in [6.45, 7) is 3.95. The lowest BCUT2D eigenvalue weighted by molar-refractivity contribution is -0.115. The van der Waals surface area contributed by atoms with Crippen LogP contribution in [0, 0.1) is 13.8 Å². The number of nitrogens with one attached hydrogen (secondary N) is 2. The van der Waals surface area contributed by atoms with E-state index in [4.69, 9.17) is 0 Å². The van der Waals surface area contributed by atoms with E-state index < -0.39 is 11.8 Å². The van der Waals surface area contributed by atoms with E-state index in [-0.39, 0.29) is 12.3 Å². The number of hydrogen-bond donors (Lipinski definition) is 2. The second-order valence-corrected chi connectivity index (χ2v) is 5.70. The zero-order valence-electron chi connectivity index (χ0n) is 12.9. The van der Waals surface area contributed by atoms with Gasteiger partial charge in [0, 0.05) is 5.69 Å². The number of hydrogen-bond acceptors (Lipinski definition) is 3. The average Bonchev–Trinajstić information content (AvgIpc) is 2.77. The van der Waals surface area contributed by atoms with Crippen molar-refractivity contribution < 1.29 is 14.4 Å². The van der Waals surface area contributed by atoms with Crippen LogP contribution in [0.3, 0.4) is 0 Å². The summed E-state index contributed by atoms with van der Waals surface area (Å²) in [7, 11) is 0. The van der Waals surface area contributed by atoms with Crippen LogP contribution in [0.4, 0.5) is 5.69 Å². The zero-order chi connectivity index (χ0) is 16.6. The molecule has 0 aliphatic carbocycles. The maximum absolute atomic E-state index is 12.2. The lowest BCUT2D eigenvalue weighted by Crippen LogP contribution is -2.19. The normalized spacial score (nSPS) is 12.8. The molecule has 0 bridgehead atoms. The van der Waals surface area contributed by atoms with Crippen LogP contribution in [0.2, 0.25) is 0 Å². The number of imide groups is 1.